The summed E-state index contributed by atoms with van der Waals surface area (Å²) in [4.78, 5) is 40.2. The molecule has 15 nitrogen and oxygen atoms in total. The van der Waals surface area contributed by atoms with Gasteiger partial charge in [-0.15, -0.1) is 0 Å². The standard InChI is InChI=1S/C9H11NO3.2C5H9NO2.C3H7NO2.BH3O2/c10-8(9(12)13)5-6-1-3-7(11)4-2-6;2*7-5(8)4-2-1-3-6-4;1-2(4)3(5)6;2-1-3/h1-4,8,11H,5,10H2,(H,12,13);2*4,6H,1-3H2,(H,7,8);2H,4H2,1H3,(H,5,6);1-3H/t8-;2*4-;2-;/m0000./s1. The lowest BCUT2D eigenvalue weighted by Gasteiger charge is -2.05. The molecule has 13 N–H and O–H groups in total. The number of nitrogens with one attached hydrogen (secondary N) is 2. The topological polar surface area (TPSA) is 286 Å². The van der Waals surface area contributed by atoms with E-state index in [0.717, 1.165) is 44.3 Å². The van der Waals surface area contributed by atoms with Crippen LogP contribution >= 0.6 is 0 Å². The third-order valence-corrected chi connectivity index (χ3v) is 4.82. The molecule has 1 aromatic rings. The van der Waals surface area contributed by atoms with Gasteiger partial charge in [0.05, 0.1) is 0 Å². The number of hydrogen-bond donors (Lipinski definition) is 11. The van der Waals surface area contributed by atoms with Gasteiger partial charge in [-0.25, -0.2) is 0 Å². The van der Waals surface area contributed by atoms with Crippen molar-refractivity contribution < 1.29 is 54.8 Å². The third kappa shape index (κ3) is 19.9. The average Bonchev–Trinajstić information content (AvgIpc) is 3.57. The Morgan fingerprint density at radius 3 is 1.45 bits per heavy atom. The van der Waals surface area contributed by atoms with Gasteiger partial charge >= 0.3 is 31.6 Å². The molecule has 2 aliphatic rings. The zero-order chi connectivity index (χ0) is 29.7. The highest BCUT2D eigenvalue weighted by molar-refractivity contribution is 6.13. The van der Waals surface area contributed by atoms with Crippen LogP contribution in [0, 0.1) is 0 Å². The van der Waals surface area contributed by atoms with Crippen LogP contribution in [-0.4, -0.2) is 104 Å². The summed E-state index contributed by atoms with van der Waals surface area (Å²) < 4.78 is 0. The fraction of sp³-hybridized carbons (Fsp3) is 0.545. The van der Waals surface area contributed by atoms with Gasteiger partial charge in [-0.1, -0.05) is 12.1 Å². The third-order valence-electron chi connectivity index (χ3n) is 4.82. The Kier molecular flexibility index (Phi) is 21.1. The molecule has 0 saturated carbocycles. The van der Waals surface area contributed by atoms with Crippen LogP contribution in [0.2, 0.25) is 0 Å². The van der Waals surface area contributed by atoms with Gasteiger partial charge in [0.15, 0.2) is 0 Å². The quantitative estimate of drug-likeness (QED) is 0.167. The summed E-state index contributed by atoms with van der Waals surface area (Å²) >= 11 is 0. The average molecular weight is 546 g/mol. The van der Waals surface area contributed by atoms with Gasteiger partial charge in [0.2, 0.25) is 0 Å². The first kappa shape index (κ1) is 36.9. The zero-order valence-electron chi connectivity index (χ0n) is 21.2. The predicted molar refractivity (Wildman–Crippen MR) is 138 cm³/mol. The molecule has 2 fully saturated rings. The Labute approximate surface area is 220 Å². The van der Waals surface area contributed by atoms with Crippen LogP contribution in [0.3, 0.4) is 0 Å². The van der Waals surface area contributed by atoms with Gasteiger partial charge in [0, 0.05) is 0 Å². The van der Waals surface area contributed by atoms with Crippen LogP contribution in [0.25, 0.3) is 0 Å². The molecule has 2 aliphatic heterocycles. The fourth-order valence-electron chi connectivity index (χ4n) is 2.76. The van der Waals surface area contributed by atoms with E-state index in [4.69, 9.17) is 47.0 Å². The van der Waals surface area contributed by atoms with Gasteiger partial charge in [-0.05, 0) is 69.8 Å². The Morgan fingerprint density at radius 2 is 1.24 bits per heavy atom. The van der Waals surface area contributed by atoms with Gasteiger partial charge in [0.25, 0.3) is 0 Å². The second-order valence-corrected chi connectivity index (χ2v) is 8.06. The summed E-state index contributed by atoms with van der Waals surface area (Å²) in [5.41, 5.74) is 11.0. The minimum atomic E-state index is -1.02. The normalized spacial score (nSPS) is 18.7. The highest BCUT2D eigenvalue weighted by Gasteiger charge is 2.20. The number of benzene rings is 1. The molecule has 216 valence electrons. The van der Waals surface area contributed by atoms with Gasteiger partial charge < -0.3 is 57.7 Å². The molecule has 2 saturated heterocycles. The van der Waals surface area contributed by atoms with E-state index in [0.29, 0.717) is 0 Å². The molecule has 0 aliphatic carbocycles. The van der Waals surface area contributed by atoms with Gasteiger partial charge in [0.1, 0.15) is 29.9 Å². The first-order valence-corrected chi connectivity index (χ1v) is 11.6. The van der Waals surface area contributed by atoms with Crippen LogP contribution < -0.4 is 22.1 Å². The number of nitrogens with two attached hydrogens (primary N) is 2. The van der Waals surface area contributed by atoms with Crippen molar-refractivity contribution in [2.75, 3.05) is 13.1 Å². The first-order chi connectivity index (χ1) is 17.8. The molecule has 38 heavy (non-hydrogen) atoms. The molecule has 0 amide bonds. The van der Waals surface area contributed by atoms with Crippen LogP contribution in [0.4, 0.5) is 0 Å². The molecule has 2 heterocycles. The number of phenols is 1. The number of aliphatic carboxylic acids is 4. The maximum absolute atomic E-state index is 10.4. The monoisotopic (exact) mass is 546 g/mol. The Bertz CT molecular complexity index is 790. The molecule has 0 unspecified atom stereocenters. The van der Waals surface area contributed by atoms with E-state index in [1.165, 1.54) is 19.1 Å². The predicted octanol–water partition coefficient (Wildman–Crippen LogP) is -2.35. The second kappa shape index (κ2) is 21.8. The minimum Gasteiger partial charge on any atom is -0.508 e. The molecule has 3 rings (SSSR count). The maximum Gasteiger partial charge on any atom is 0.432 e. The molecule has 0 spiro atoms. The van der Waals surface area contributed by atoms with E-state index in [-0.39, 0.29) is 24.3 Å². The summed E-state index contributed by atoms with van der Waals surface area (Å²) in [6, 6.07) is 4.16. The van der Waals surface area contributed by atoms with Crippen molar-refractivity contribution in [3.05, 3.63) is 29.8 Å². The van der Waals surface area contributed by atoms with E-state index < -0.39 is 43.6 Å². The lowest BCUT2D eigenvalue weighted by atomic mass is 10.1. The van der Waals surface area contributed by atoms with Crippen molar-refractivity contribution in [3.8, 4) is 5.75 Å². The summed E-state index contributed by atoms with van der Waals surface area (Å²) in [5, 5.41) is 62.0. The Morgan fingerprint density at radius 1 is 0.868 bits per heavy atom. The number of phenolic OH excluding ortho intramolecular Hbond substituents is 1. The molecule has 0 bridgehead atoms. The summed E-state index contributed by atoms with van der Waals surface area (Å²) in [5.74, 6) is -3.26. The Hall–Kier alpha value is -3.28. The van der Waals surface area contributed by atoms with Crippen molar-refractivity contribution in [1.29, 1.82) is 0 Å². The number of rotatable bonds is 6. The molecule has 1 aromatic carbocycles. The van der Waals surface area contributed by atoms with Crippen LogP contribution in [0.1, 0.15) is 38.2 Å². The maximum atomic E-state index is 10.4. The van der Waals surface area contributed by atoms with E-state index in [1.807, 2.05) is 0 Å². The molecule has 4 atom stereocenters. The highest BCUT2D eigenvalue weighted by Crippen LogP contribution is 2.10. The SMILES string of the molecule is C[C@H](N)C(=O)O.N[C@@H](Cc1ccc(O)cc1)C(=O)O.O=C(O)[C@@H]1CCCN1.O=C(O)[C@@H]1CCCN1.OBO. The number of aromatic hydroxyl groups is 1. The van der Waals surface area contributed by atoms with E-state index in [1.54, 1.807) is 12.1 Å². The first-order valence-electron chi connectivity index (χ1n) is 11.6. The highest BCUT2D eigenvalue weighted by atomic mass is 16.4. The smallest absolute Gasteiger partial charge is 0.432 e. The summed E-state index contributed by atoms with van der Waals surface area (Å²) in [7, 11) is -0.750. The number of carbonyl (C=O) groups is 4. The lowest BCUT2D eigenvalue weighted by molar-refractivity contribution is -0.140. The van der Waals surface area contributed by atoms with Crippen molar-refractivity contribution in [3.63, 3.8) is 0 Å². The van der Waals surface area contributed by atoms with E-state index >= 15 is 0 Å². The minimum absolute atomic E-state index is 0.160. The van der Waals surface area contributed by atoms with Crippen molar-refractivity contribution in [2.45, 2.75) is 63.2 Å². The lowest BCUT2D eigenvalue weighted by Crippen LogP contribution is -2.32. The molecule has 0 radical (unpaired) electrons. The largest absolute Gasteiger partial charge is 0.508 e. The van der Waals surface area contributed by atoms with Crippen molar-refractivity contribution in [1.82, 2.24) is 10.6 Å². The van der Waals surface area contributed by atoms with Crippen molar-refractivity contribution in [2.24, 2.45) is 11.5 Å². The number of carboxylic acid groups (broad SMARTS) is 4. The zero-order valence-corrected chi connectivity index (χ0v) is 21.2. The van der Waals surface area contributed by atoms with Crippen LogP contribution in [0.5, 0.6) is 5.75 Å². The summed E-state index contributed by atoms with van der Waals surface area (Å²) in [6.07, 6.45) is 3.84. The Balaban J connectivity index is 0. The molecular weight excluding hydrogens is 507 g/mol. The van der Waals surface area contributed by atoms with Gasteiger partial charge in [-0.2, -0.15) is 0 Å². The molecule has 0 aromatic heterocycles. The van der Waals surface area contributed by atoms with Crippen LogP contribution in [-0.2, 0) is 25.6 Å². The fourth-order valence-corrected chi connectivity index (χ4v) is 2.76. The van der Waals surface area contributed by atoms with E-state index in [9.17, 15) is 19.2 Å². The van der Waals surface area contributed by atoms with Crippen molar-refractivity contribution >= 4 is 31.6 Å². The van der Waals surface area contributed by atoms with E-state index in [2.05, 4.69) is 10.6 Å². The van der Waals surface area contributed by atoms with Crippen LogP contribution in [0.15, 0.2) is 24.3 Å². The molecule has 16 heteroatoms. The van der Waals surface area contributed by atoms with Gasteiger partial charge in [-0.3, -0.25) is 19.2 Å². The second-order valence-electron chi connectivity index (χ2n) is 8.06. The summed E-state index contributed by atoms with van der Waals surface area (Å²) in [6.45, 7) is 3.14. The molecular formula is C22H39BN4O11. The number of hydrogen-bond acceptors (Lipinski definition) is 11. The number of carboxylic acids is 4.